The van der Waals surface area contributed by atoms with Crippen LogP contribution in [0.4, 0.5) is 5.69 Å². The number of thiocarbonyl (C=S) groups is 1. The lowest BCUT2D eigenvalue weighted by molar-refractivity contribution is 0.0977. The first kappa shape index (κ1) is 23.5. The maximum absolute atomic E-state index is 12.5. The zero-order valence-corrected chi connectivity index (χ0v) is 20.0. The number of halogens is 1. The zero-order valence-electron chi connectivity index (χ0n) is 18.4. The molecule has 4 rings (SSSR count). The molecule has 2 N–H and O–H groups in total. The second-order valence-electron chi connectivity index (χ2n) is 7.78. The van der Waals surface area contributed by atoms with Crippen LogP contribution >= 0.6 is 23.8 Å². The molecule has 1 heterocycles. The highest BCUT2D eigenvalue weighted by atomic mass is 35.5. The van der Waals surface area contributed by atoms with Crippen LogP contribution in [-0.4, -0.2) is 17.1 Å². The summed E-state index contributed by atoms with van der Waals surface area (Å²) in [5.41, 5.74) is 1.92. The van der Waals surface area contributed by atoms with E-state index in [9.17, 15) is 9.59 Å². The van der Waals surface area contributed by atoms with Crippen molar-refractivity contribution in [3.05, 3.63) is 93.8 Å². The molecule has 0 atom stereocenters. The molecule has 8 heteroatoms. The molecule has 0 radical (unpaired) electrons. The molecule has 0 unspecified atom stereocenters. The van der Waals surface area contributed by atoms with Gasteiger partial charge in [0.25, 0.3) is 5.91 Å². The summed E-state index contributed by atoms with van der Waals surface area (Å²) >= 11 is 11.7. The number of hydrogen-bond donors (Lipinski definition) is 2. The Bertz CT molecular complexity index is 1430. The van der Waals surface area contributed by atoms with Crippen LogP contribution in [0.25, 0.3) is 22.1 Å². The van der Waals surface area contributed by atoms with Gasteiger partial charge in [-0.25, -0.2) is 4.79 Å². The summed E-state index contributed by atoms with van der Waals surface area (Å²) in [6.07, 6.45) is 0.0468. The minimum absolute atomic E-state index is 0.0468. The third-order valence-electron chi connectivity index (χ3n) is 4.87. The number of ether oxygens (including phenoxy) is 1. The fraction of sp³-hybridized carbons (Fsp3) is 0.115. The Kier molecular flexibility index (Phi) is 6.95. The van der Waals surface area contributed by atoms with Crippen molar-refractivity contribution in [3.63, 3.8) is 0 Å². The zero-order chi connectivity index (χ0) is 24.2. The van der Waals surface area contributed by atoms with Crippen LogP contribution in [0.5, 0.6) is 5.75 Å². The molecule has 0 bridgehead atoms. The predicted molar refractivity (Wildman–Crippen MR) is 139 cm³/mol. The molecule has 0 saturated carbocycles. The Labute approximate surface area is 206 Å². The molecule has 0 aliphatic carbocycles. The van der Waals surface area contributed by atoms with Gasteiger partial charge >= 0.3 is 5.63 Å². The van der Waals surface area contributed by atoms with Crippen LogP contribution in [-0.2, 0) is 0 Å². The molecular formula is C26H21ClN2O4S. The smallest absolute Gasteiger partial charge is 0.344 e. The van der Waals surface area contributed by atoms with Gasteiger partial charge in [0, 0.05) is 22.2 Å². The number of fused-ring (bicyclic) bond motifs is 1. The normalized spacial score (nSPS) is 10.8. The highest BCUT2D eigenvalue weighted by molar-refractivity contribution is 7.80. The topological polar surface area (TPSA) is 80.6 Å². The molecule has 1 aromatic heterocycles. The van der Waals surface area contributed by atoms with E-state index in [1.165, 1.54) is 0 Å². The van der Waals surface area contributed by atoms with E-state index in [1.807, 2.05) is 26.0 Å². The van der Waals surface area contributed by atoms with Crippen molar-refractivity contribution in [1.29, 1.82) is 0 Å². The monoisotopic (exact) mass is 492 g/mol. The minimum atomic E-state index is -0.478. The maximum atomic E-state index is 12.5. The van der Waals surface area contributed by atoms with Crippen molar-refractivity contribution >= 4 is 51.5 Å². The minimum Gasteiger partial charge on any atom is -0.491 e. The second-order valence-corrected chi connectivity index (χ2v) is 8.59. The maximum Gasteiger partial charge on any atom is 0.344 e. The Hall–Kier alpha value is -3.68. The molecule has 0 aliphatic rings. The number of carbonyl (C=O) groups excluding carboxylic acids is 1. The van der Waals surface area contributed by atoms with Crippen LogP contribution in [0.1, 0.15) is 24.2 Å². The molecule has 0 saturated heterocycles. The van der Waals surface area contributed by atoms with Gasteiger partial charge in [-0.05, 0) is 74.6 Å². The van der Waals surface area contributed by atoms with Gasteiger partial charge < -0.3 is 14.5 Å². The summed E-state index contributed by atoms with van der Waals surface area (Å²) < 4.78 is 11.0. The number of benzene rings is 3. The van der Waals surface area contributed by atoms with E-state index in [0.29, 0.717) is 38.7 Å². The first-order chi connectivity index (χ1) is 16.3. The largest absolute Gasteiger partial charge is 0.491 e. The van der Waals surface area contributed by atoms with Gasteiger partial charge in [-0.2, -0.15) is 0 Å². The molecular weight excluding hydrogens is 472 g/mol. The Morgan fingerprint density at radius 2 is 1.74 bits per heavy atom. The van der Waals surface area contributed by atoms with Gasteiger partial charge in [-0.3, -0.25) is 10.1 Å². The van der Waals surface area contributed by atoms with Crippen LogP contribution in [0.3, 0.4) is 0 Å². The second kappa shape index (κ2) is 10.1. The van der Waals surface area contributed by atoms with Crippen molar-refractivity contribution in [1.82, 2.24) is 5.32 Å². The van der Waals surface area contributed by atoms with Gasteiger partial charge in [0.05, 0.1) is 16.7 Å². The number of amides is 1. The van der Waals surface area contributed by atoms with Crippen molar-refractivity contribution < 1.29 is 13.9 Å². The van der Waals surface area contributed by atoms with E-state index >= 15 is 0 Å². The Balaban J connectivity index is 1.45. The first-order valence-electron chi connectivity index (χ1n) is 10.5. The fourth-order valence-electron chi connectivity index (χ4n) is 3.36. The van der Waals surface area contributed by atoms with Gasteiger partial charge in [0.15, 0.2) is 5.11 Å². The van der Waals surface area contributed by atoms with Crippen molar-refractivity contribution in [2.24, 2.45) is 0 Å². The molecule has 172 valence electrons. The standard InChI is InChI=1S/C26H21ClN2O4S/c1-15(2)32-19-10-7-16(8-11-19)24(30)29-26(34)28-18-9-12-20(22(27)14-18)21-13-17-5-3-4-6-23(17)33-25(21)31/h3-15H,1-2H3,(H2,28,29,30,34). The van der Waals surface area contributed by atoms with E-state index in [-0.39, 0.29) is 17.1 Å². The van der Waals surface area contributed by atoms with Crippen molar-refractivity contribution in [2.45, 2.75) is 20.0 Å². The van der Waals surface area contributed by atoms with E-state index in [2.05, 4.69) is 10.6 Å². The number of hydrogen-bond acceptors (Lipinski definition) is 5. The van der Waals surface area contributed by atoms with Crippen molar-refractivity contribution in [2.75, 3.05) is 5.32 Å². The molecule has 0 aliphatic heterocycles. The van der Waals surface area contributed by atoms with Crippen LogP contribution in [0.2, 0.25) is 5.02 Å². The number of para-hydroxylation sites is 1. The summed E-state index contributed by atoms with van der Waals surface area (Å²) in [6.45, 7) is 3.86. The van der Waals surface area contributed by atoms with E-state index in [0.717, 1.165) is 5.39 Å². The van der Waals surface area contributed by atoms with Gasteiger partial charge in [-0.15, -0.1) is 0 Å². The van der Waals surface area contributed by atoms with Gasteiger partial charge in [0.1, 0.15) is 11.3 Å². The lowest BCUT2D eigenvalue weighted by atomic mass is 10.1. The highest BCUT2D eigenvalue weighted by Gasteiger charge is 2.13. The molecule has 1 amide bonds. The van der Waals surface area contributed by atoms with Gasteiger partial charge in [-0.1, -0.05) is 35.9 Å². The third-order valence-corrected chi connectivity index (χ3v) is 5.39. The fourth-order valence-corrected chi connectivity index (χ4v) is 3.85. The average molecular weight is 493 g/mol. The van der Waals surface area contributed by atoms with E-state index < -0.39 is 5.63 Å². The van der Waals surface area contributed by atoms with Gasteiger partial charge in [0.2, 0.25) is 0 Å². The van der Waals surface area contributed by atoms with E-state index in [1.54, 1.807) is 60.7 Å². The van der Waals surface area contributed by atoms with Crippen LogP contribution in [0.15, 0.2) is 82.0 Å². The van der Waals surface area contributed by atoms with Crippen LogP contribution in [0, 0.1) is 0 Å². The molecule has 6 nitrogen and oxygen atoms in total. The Morgan fingerprint density at radius 1 is 1.00 bits per heavy atom. The highest BCUT2D eigenvalue weighted by Crippen LogP contribution is 2.30. The molecule has 0 spiro atoms. The number of carbonyl (C=O) groups is 1. The summed E-state index contributed by atoms with van der Waals surface area (Å²) in [6, 6.07) is 20.8. The predicted octanol–water partition coefficient (Wildman–Crippen LogP) is 6.03. The van der Waals surface area contributed by atoms with Crippen molar-refractivity contribution in [3.8, 4) is 16.9 Å². The molecule has 3 aromatic carbocycles. The number of anilines is 1. The summed E-state index contributed by atoms with van der Waals surface area (Å²) in [7, 11) is 0. The lowest BCUT2D eigenvalue weighted by Gasteiger charge is -2.12. The molecule has 0 fully saturated rings. The molecule has 4 aromatic rings. The number of rotatable bonds is 5. The summed E-state index contributed by atoms with van der Waals surface area (Å²) in [5, 5.41) is 6.81. The molecule has 34 heavy (non-hydrogen) atoms. The Morgan fingerprint density at radius 3 is 2.44 bits per heavy atom. The van der Waals surface area contributed by atoms with Crippen LogP contribution < -0.4 is 21.0 Å². The number of nitrogens with one attached hydrogen (secondary N) is 2. The lowest BCUT2D eigenvalue weighted by Crippen LogP contribution is -2.34. The first-order valence-corrected chi connectivity index (χ1v) is 11.3. The quantitative estimate of drug-likeness (QED) is 0.261. The summed E-state index contributed by atoms with van der Waals surface area (Å²) in [4.78, 5) is 24.9. The van der Waals surface area contributed by atoms with E-state index in [4.69, 9.17) is 33.0 Å². The third kappa shape index (κ3) is 5.44. The SMILES string of the molecule is CC(C)Oc1ccc(C(=O)NC(=S)Nc2ccc(-c3cc4ccccc4oc3=O)c(Cl)c2)cc1. The average Bonchev–Trinajstić information content (AvgIpc) is 2.79. The summed E-state index contributed by atoms with van der Waals surface area (Å²) in [5.74, 6) is 0.326.